The lowest BCUT2D eigenvalue weighted by molar-refractivity contribution is 0.0513. The molecule has 2 heterocycles. The number of aromatic nitrogens is 2. The number of aryl methyl sites for hydroxylation is 3. The molecular formula is C18H21N3O3. The van der Waals surface area contributed by atoms with E-state index in [4.69, 9.17) is 4.42 Å². The second-order valence-electron chi connectivity index (χ2n) is 6.40. The topological polar surface area (TPSA) is 91.2 Å². The van der Waals surface area contributed by atoms with Crippen molar-refractivity contribution in [2.75, 3.05) is 6.54 Å². The molecule has 1 unspecified atom stereocenters. The molecule has 3 N–H and O–H groups in total. The van der Waals surface area contributed by atoms with Gasteiger partial charge in [0, 0.05) is 10.9 Å². The van der Waals surface area contributed by atoms with E-state index < -0.39 is 5.60 Å². The van der Waals surface area contributed by atoms with Gasteiger partial charge in [0.1, 0.15) is 17.1 Å². The van der Waals surface area contributed by atoms with Gasteiger partial charge in [0.15, 0.2) is 5.69 Å². The van der Waals surface area contributed by atoms with Gasteiger partial charge in [-0.15, -0.1) is 0 Å². The number of rotatable bonds is 4. The van der Waals surface area contributed by atoms with Gasteiger partial charge in [-0.3, -0.25) is 9.89 Å². The van der Waals surface area contributed by atoms with Crippen molar-refractivity contribution < 1.29 is 14.3 Å². The van der Waals surface area contributed by atoms with Crippen molar-refractivity contribution in [1.29, 1.82) is 0 Å². The Labute approximate surface area is 139 Å². The smallest absolute Gasteiger partial charge is 0.272 e. The molecule has 24 heavy (non-hydrogen) atoms. The van der Waals surface area contributed by atoms with E-state index in [0.717, 1.165) is 22.2 Å². The predicted molar refractivity (Wildman–Crippen MR) is 90.9 cm³/mol. The molecule has 0 saturated carbocycles. The first kappa shape index (κ1) is 16.3. The fraction of sp³-hybridized carbons (Fsp3) is 0.333. The van der Waals surface area contributed by atoms with Crippen LogP contribution in [0.15, 0.2) is 28.7 Å². The number of carbonyl (C=O) groups excluding carboxylic acids is 1. The summed E-state index contributed by atoms with van der Waals surface area (Å²) >= 11 is 0. The van der Waals surface area contributed by atoms with E-state index >= 15 is 0 Å². The summed E-state index contributed by atoms with van der Waals surface area (Å²) < 4.78 is 5.46. The monoisotopic (exact) mass is 327 g/mol. The molecule has 3 aromatic rings. The Balaban J connectivity index is 1.79. The Morgan fingerprint density at radius 1 is 1.33 bits per heavy atom. The van der Waals surface area contributed by atoms with E-state index in [9.17, 15) is 9.90 Å². The molecule has 0 spiro atoms. The number of furan rings is 1. The van der Waals surface area contributed by atoms with Crippen molar-refractivity contribution >= 4 is 16.8 Å². The summed E-state index contributed by atoms with van der Waals surface area (Å²) in [7, 11) is 0. The maximum atomic E-state index is 12.5. The minimum absolute atomic E-state index is 0.0613. The summed E-state index contributed by atoms with van der Waals surface area (Å²) in [6.07, 6.45) is 0. The molecule has 1 amide bonds. The van der Waals surface area contributed by atoms with Crippen LogP contribution in [0.3, 0.4) is 0 Å². The van der Waals surface area contributed by atoms with Crippen molar-refractivity contribution in [3.63, 3.8) is 0 Å². The molecule has 6 heteroatoms. The van der Waals surface area contributed by atoms with Gasteiger partial charge in [-0.25, -0.2) is 0 Å². The van der Waals surface area contributed by atoms with Crippen LogP contribution in [0.25, 0.3) is 10.9 Å². The number of aromatic amines is 1. The van der Waals surface area contributed by atoms with E-state index in [-0.39, 0.29) is 12.5 Å². The highest BCUT2D eigenvalue weighted by Crippen LogP contribution is 2.26. The predicted octanol–water partition coefficient (Wildman–Crippen LogP) is 2.72. The molecule has 3 rings (SSSR count). The van der Waals surface area contributed by atoms with Gasteiger partial charge in [-0.2, -0.15) is 5.10 Å². The summed E-state index contributed by atoms with van der Waals surface area (Å²) in [5, 5.41) is 21.1. The fourth-order valence-corrected chi connectivity index (χ4v) is 2.90. The number of amides is 1. The molecule has 0 fully saturated rings. The lowest BCUT2D eigenvalue weighted by atomic mass is 9.96. The Bertz CT molecular complexity index is 906. The van der Waals surface area contributed by atoms with Gasteiger partial charge in [0.05, 0.1) is 12.1 Å². The number of hydrogen-bond acceptors (Lipinski definition) is 4. The van der Waals surface area contributed by atoms with Crippen molar-refractivity contribution in [1.82, 2.24) is 15.5 Å². The highest BCUT2D eigenvalue weighted by atomic mass is 16.3. The Morgan fingerprint density at radius 3 is 2.75 bits per heavy atom. The van der Waals surface area contributed by atoms with Crippen LogP contribution in [-0.4, -0.2) is 27.8 Å². The molecule has 1 aromatic carbocycles. The van der Waals surface area contributed by atoms with Crippen LogP contribution in [0.5, 0.6) is 0 Å². The lowest BCUT2D eigenvalue weighted by Gasteiger charge is -2.23. The Hall–Kier alpha value is -2.60. The van der Waals surface area contributed by atoms with Crippen LogP contribution < -0.4 is 5.32 Å². The second kappa shape index (κ2) is 5.79. The van der Waals surface area contributed by atoms with E-state index in [1.54, 1.807) is 19.9 Å². The van der Waals surface area contributed by atoms with Crippen molar-refractivity contribution in [3.8, 4) is 0 Å². The molecule has 0 aliphatic rings. The van der Waals surface area contributed by atoms with Gasteiger partial charge in [-0.05, 0) is 45.9 Å². The Kier molecular flexibility index (Phi) is 3.93. The van der Waals surface area contributed by atoms with E-state index in [1.165, 1.54) is 0 Å². The first-order valence-corrected chi connectivity index (χ1v) is 7.81. The summed E-state index contributed by atoms with van der Waals surface area (Å²) in [5.41, 5.74) is 1.63. The zero-order valence-electron chi connectivity index (χ0n) is 14.2. The van der Waals surface area contributed by atoms with Gasteiger partial charge in [0.25, 0.3) is 5.91 Å². The number of fused-ring (bicyclic) bond motifs is 1. The van der Waals surface area contributed by atoms with E-state index in [0.29, 0.717) is 17.0 Å². The normalized spacial score (nSPS) is 13.9. The number of H-pyrrole nitrogens is 1. The van der Waals surface area contributed by atoms with Crippen molar-refractivity contribution in [2.45, 2.75) is 33.3 Å². The molecule has 1 atom stereocenters. The van der Waals surface area contributed by atoms with Gasteiger partial charge < -0.3 is 14.8 Å². The zero-order chi connectivity index (χ0) is 17.5. The average Bonchev–Trinajstić information content (AvgIpc) is 3.08. The van der Waals surface area contributed by atoms with Gasteiger partial charge in [0.2, 0.25) is 0 Å². The van der Waals surface area contributed by atoms with Crippen molar-refractivity contribution in [2.24, 2.45) is 0 Å². The minimum Gasteiger partial charge on any atom is -0.466 e. The van der Waals surface area contributed by atoms with Crippen LogP contribution in [0.1, 0.15) is 40.1 Å². The van der Waals surface area contributed by atoms with Crippen LogP contribution >= 0.6 is 0 Å². The van der Waals surface area contributed by atoms with Crippen LogP contribution in [0, 0.1) is 20.8 Å². The number of nitrogens with one attached hydrogen (secondary N) is 2. The van der Waals surface area contributed by atoms with Crippen LogP contribution in [-0.2, 0) is 5.60 Å². The molecule has 0 radical (unpaired) electrons. The summed E-state index contributed by atoms with van der Waals surface area (Å²) in [4.78, 5) is 12.5. The third kappa shape index (κ3) is 2.92. The Morgan fingerprint density at radius 2 is 2.08 bits per heavy atom. The average molecular weight is 327 g/mol. The molecule has 0 aliphatic heterocycles. The SMILES string of the molecule is Cc1ccc2[nH]nc(C(=O)NCC(C)(O)c3cc(C)oc3C)c2c1. The first-order valence-electron chi connectivity index (χ1n) is 7.81. The van der Waals surface area contributed by atoms with E-state index in [2.05, 4.69) is 15.5 Å². The van der Waals surface area contributed by atoms with Crippen LogP contribution in [0.4, 0.5) is 0 Å². The maximum Gasteiger partial charge on any atom is 0.272 e. The maximum absolute atomic E-state index is 12.5. The van der Waals surface area contributed by atoms with Gasteiger partial charge >= 0.3 is 0 Å². The lowest BCUT2D eigenvalue weighted by Crippen LogP contribution is -2.39. The van der Waals surface area contributed by atoms with Crippen LogP contribution in [0.2, 0.25) is 0 Å². The zero-order valence-corrected chi connectivity index (χ0v) is 14.2. The van der Waals surface area contributed by atoms with Crippen molar-refractivity contribution in [3.05, 3.63) is 52.6 Å². The van der Waals surface area contributed by atoms with E-state index in [1.807, 2.05) is 32.0 Å². The van der Waals surface area contributed by atoms with Gasteiger partial charge in [-0.1, -0.05) is 11.6 Å². The molecule has 0 aliphatic carbocycles. The summed E-state index contributed by atoms with van der Waals surface area (Å²) in [5.74, 6) is 1.04. The fourth-order valence-electron chi connectivity index (χ4n) is 2.90. The molecule has 2 aromatic heterocycles. The molecular weight excluding hydrogens is 306 g/mol. The highest BCUT2D eigenvalue weighted by molar-refractivity contribution is 6.04. The number of hydrogen-bond donors (Lipinski definition) is 3. The minimum atomic E-state index is -1.22. The quantitative estimate of drug-likeness (QED) is 0.687. The molecule has 6 nitrogen and oxygen atoms in total. The number of nitrogens with zero attached hydrogens (tertiary/aromatic N) is 1. The standard InChI is InChI=1S/C18H21N3O3/c1-10-5-6-15-13(7-10)16(21-20-15)17(22)19-9-18(4,23)14-8-11(2)24-12(14)3/h5-8,23H,9H2,1-4H3,(H,19,22)(H,20,21). The molecule has 126 valence electrons. The second-order valence-corrected chi connectivity index (χ2v) is 6.40. The molecule has 0 saturated heterocycles. The summed E-state index contributed by atoms with van der Waals surface area (Å²) in [6, 6.07) is 7.55. The third-order valence-electron chi connectivity index (χ3n) is 4.15. The largest absolute Gasteiger partial charge is 0.466 e. The molecule has 0 bridgehead atoms. The number of carbonyl (C=O) groups is 1. The third-order valence-corrected chi connectivity index (χ3v) is 4.15. The first-order chi connectivity index (χ1) is 11.3. The number of aliphatic hydroxyl groups is 1. The highest BCUT2D eigenvalue weighted by Gasteiger charge is 2.29. The number of benzene rings is 1. The summed E-state index contributed by atoms with van der Waals surface area (Å²) in [6.45, 7) is 7.29.